The minimum atomic E-state index is -1.60. The molecule has 0 aliphatic carbocycles. The van der Waals surface area contributed by atoms with Crippen LogP contribution in [0.25, 0.3) is 0 Å². The highest BCUT2D eigenvalue weighted by Crippen LogP contribution is 2.33. The van der Waals surface area contributed by atoms with Gasteiger partial charge in [-0.15, -0.1) is 0 Å². The highest BCUT2D eigenvalue weighted by Gasteiger charge is 2.26. The Bertz CT molecular complexity index is 706. The van der Waals surface area contributed by atoms with Crippen LogP contribution in [0.3, 0.4) is 0 Å². The lowest BCUT2D eigenvalue weighted by molar-refractivity contribution is -0.131. The van der Waals surface area contributed by atoms with Crippen molar-refractivity contribution in [2.24, 2.45) is 0 Å². The Morgan fingerprint density at radius 2 is 1.91 bits per heavy atom. The maximum atomic E-state index is 11.3. The number of hydrogen-bond acceptors (Lipinski definition) is 4. The van der Waals surface area contributed by atoms with E-state index in [1.807, 2.05) is 38.2 Å². The third-order valence-electron chi connectivity index (χ3n) is 4.00. The molecule has 1 aromatic heterocycles. The molecule has 0 fully saturated rings. The SMILES string of the molecule is CC(=O)Oc1c(C)cc(OC[Si](C)(C)c2cccs2)c(C)c1C. The second-order valence-corrected chi connectivity index (χ2v) is 12.4. The number of thiophene rings is 1. The summed E-state index contributed by atoms with van der Waals surface area (Å²) < 4.78 is 13.0. The van der Waals surface area contributed by atoms with E-state index in [1.165, 1.54) is 11.4 Å². The summed E-state index contributed by atoms with van der Waals surface area (Å²) in [6, 6.07) is 6.27. The zero-order valence-corrected chi connectivity index (χ0v) is 16.5. The van der Waals surface area contributed by atoms with E-state index in [0.29, 0.717) is 5.75 Å². The van der Waals surface area contributed by atoms with Crippen LogP contribution in [0.2, 0.25) is 13.1 Å². The van der Waals surface area contributed by atoms with Gasteiger partial charge in [-0.1, -0.05) is 25.2 Å². The number of rotatable bonds is 5. The largest absolute Gasteiger partial charge is 0.496 e. The van der Waals surface area contributed by atoms with Gasteiger partial charge < -0.3 is 9.47 Å². The van der Waals surface area contributed by atoms with E-state index in [1.54, 1.807) is 0 Å². The first-order valence-electron chi connectivity index (χ1n) is 7.68. The molecule has 0 N–H and O–H groups in total. The van der Waals surface area contributed by atoms with Crippen molar-refractivity contribution in [1.29, 1.82) is 0 Å². The Labute approximate surface area is 143 Å². The van der Waals surface area contributed by atoms with Gasteiger partial charge in [0.25, 0.3) is 0 Å². The lowest BCUT2D eigenvalue weighted by Crippen LogP contribution is -2.45. The van der Waals surface area contributed by atoms with Gasteiger partial charge in [0.15, 0.2) is 0 Å². The van der Waals surface area contributed by atoms with Gasteiger partial charge in [0.2, 0.25) is 0 Å². The average Bonchev–Trinajstić information content (AvgIpc) is 3.01. The van der Waals surface area contributed by atoms with Crippen molar-refractivity contribution < 1.29 is 14.3 Å². The molecule has 124 valence electrons. The van der Waals surface area contributed by atoms with Gasteiger partial charge in [0, 0.05) is 6.92 Å². The Kier molecular flexibility index (Phi) is 5.32. The summed E-state index contributed by atoms with van der Waals surface area (Å²) in [6.45, 7) is 12.0. The predicted molar refractivity (Wildman–Crippen MR) is 98.9 cm³/mol. The summed E-state index contributed by atoms with van der Waals surface area (Å²) >= 11 is 1.81. The number of ether oxygens (including phenoxy) is 2. The Morgan fingerprint density at radius 1 is 1.22 bits per heavy atom. The molecule has 0 aliphatic rings. The van der Waals surface area contributed by atoms with Crippen LogP contribution in [-0.4, -0.2) is 20.3 Å². The smallest absolute Gasteiger partial charge is 0.308 e. The van der Waals surface area contributed by atoms with Crippen LogP contribution >= 0.6 is 11.3 Å². The lowest BCUT2D eigenvalue weighted by atomic mass is 10.0. The van der Waals surface area contributed by atoms with Gasteiger partial charge in [-0.05, 0) is 53.4 Å². The molecule has 0 saturated carbocycles. The molecule has 0 spiro atoms. The van der Waals surface area contributed by atoms with Crippen molar-refractivity contribution in [3.8, 4) is 11.5 Å². The molecule has 0 saturated heterocycles. The lowest BCUT2D eigenvalue weighted by Gasteiger charge is -2.23. The van der Waals surface area contributed by atoms with Crippen LogP contribution in [0.5, 0.6) is 11.5 Å². The summed E-state index contributed by atoms with van der Waals surface area (Å²) in [5, 5.41) is 2.12. The number of carbonyl (C=O) groups excluding carboxylic acids is 1. The summed E-state index contributed by atoms with van der Waals surface area (Å²) in [4.78, 5) is 11.3. The molecule has 1 aromatic carbocycles. The van der Waals surface area contributed by atoms with Crippen molar-refractivity contribution in [1.82, 2.24) is 0 Å². The van der Waals surface area contributed by atoms with Crippen molar-refractivity contribution in [2.45, 2.75) is 40.8 Å². The van der Waals surface area contributed by atoms with Crippen LogP contribution in [0.15, 0.2) is 23.6 Å². The first kappa shape index (κ1) is 17.8. The molecule has 1 heterocycles. The molecule has 0 atom stereocenters. The predicted octanol–water partition coefficient (Wildman–Crippen LogP) is 4.13. The standard InChI is InChI=1S/C18H24O3SSi/c1-12-10-16(13(2)14(3)18(12)21-15(4)19)20-11-23(5,6)17-8-7-9-22-17/h7-10H,11H2,1-6H3. The Balaban J connectivity index is 2.23. The van der Waals surface area contributed by atoms with Crippen molar-refractivity contribution >= 4 is 29.9 Å². The van der Waals surface area contributed by atoms with E-state index in [2.05, 4.69) is 30.6 Å². The fourth-order valence-electron chi connectivity index (χ4n) is 2.46. The van der Waals surface area contributed by atoms with Crippen molar-refractivity contribution in [3.63, 3.8) is 0 Å². The zero-order valence-electron chi connectivity index (χ0n) is 14.6. The molecule has 3 nitrogen and oxygen atoms in total. The maximum absolute atomic E-state index is 11.3. The molecular weight excluding hydrogens is 324 g/mol. The molecule has 5 heteroatoms. The van der Waals surface area contributed by atoms with Crippen molar-refractivity contribution in [3.05, 3.63) is 40.3 Å². The molecule has 0 aliphatic heterocycles. The molecule has 0 radical (unpaired) electrons. The fraction of sp³-hybridized carbons (Fsp3) is 0.389. The van der Waals surface area contributed by atoms with E-state index in [0.717, 1.165) is 28.7 Å². The number of hydrogen-bond donors (Lipinski definition) is 0. The first-order valence-corrected chi connectivity index (χ1v) is 11.8. The molecule has 2 rings (SSSR count). The fourth-order valence-corrected chi connectivity index (χ4v) is 5.79. The average molecular weight is 349 g/mol. The Morgan fingerprint density at radius 3 is 2.48 bits per heavy atom. The highest BCUT2D eigenvalue weighted by atomic mass is 32.1. The molecule has 0 bridgehead atoms. The normalized spacial score (nSPS) is 11.4. The minimum absolute atomic E-state index is 0.296. The van der Waals surface area contributed by atoms with Crippen LogP contribution in [0.1, 0.15) is 23.6 Å². The van der Waals surface area contributed by atoms with Crippen LogP contribution in [0.4, 0.5) is 0 Å². The summed E-state index contributed by atoms with van der Waals surface area (Å²) in [5.74, 6) is 1.24. The maximum Gasteiger partial charge on any atom is 0.308 e. The van der Waals surface area contributed by atoms with Crippen LogP contribution in [-0.2, 0) is 4.79 Å². The number of aryl methyl sites for hydroxylation is 1. The van der Waals surface area contributed by atoms with Crippen LogP contribution in [0, 0.1) is 20.8 Å². The Hall–Kier alpha value is -1.59. The van der Waals surface area contributed by atoms with Crippen molar-refractivity contribution in [2.75, 3.05) is 6.23 Å². The van der Waals surface area contributed by atoms with E-state index in [4.69, 9.17) is 9.47 Å². The van der Waals surface area contributed by atoms with E-state index >= 15 is 0 Å². The molecule has 2 aromatic rings. The van der Waals surface area contributed by atoms with Gasteiger partial charge in [-0.3, -0.25) is 4.79 Å². The van der Waals surface area contributed by atoms with Gasteiger partial charge in [-0.2, -0.15) is 11.3 Å². The van der Waals surface area contributed by atoms with E-state index in [-0.39, 0.29) is 5.97 Å². The highest BCUT2D eigenvalue weighted by molar-refractivity contribution is 7.25. The summed E-state index contributed by atoms with van der Waals surface area (Å²) in [6.07, 6.45) is 0.736. The van der Waals surface area contributed by atoms with Gasteiger partial charge in [0.1, 0.15) is 19.6 Å². The third kappa shape index (κ3) is 4.03. The van der Waals surface area contributed by atoms with E-state index in [9.17, 15) is 4.79 Å². The number of benzene rings is 1. The van der Waals surface area contributed by atoms with E-state index < -0.39 is 8.07 Å². The minimum Gasteiger partial charge on any atom is -0.496 e. The first-order chi connectivity index (χ1) is 10.7. The topological polar surface area (TPSA) is 35.5 Å². The third-order valence-corrected chi connectivity index (χ3v) is 9.06. The van der Waals surface area contributed by atoms with Gasteiger partial charge in [-0.25, -0.2) is 0 Å². The zero-order chi connectivity index (χ0) is 17.2. The number of esters is 1. The van der Waals surface area contributed by atoms with Gasteiger partial charge in [0.05, 0.1) is 6.23 Å². The quantitative estimate of drug-likeness (QED) is 0.463. The molecule has 23 heavy (non-hydrogen) atoms. The molecule has 0 unspecified atom stereocenters. The molecular formula is C18H24O3SSi. The monoisotopic (exact) mass is 348 g/mol. The molecule has 0 amide bonds. The van der Waals surface area contributed by atoms with Crippen LogP contribution < -0.4 is 14.0 Å². The summed E-state index contributed by atoms with van der Waals surface area (Å²) in [5.41, 5.74) is 2.92. The second-order valence-electron chi connectivity index (χ2n) is 6.51. The second kappa shape index (κ2) is 6.89. The van der Waals surface area contributed by atoms with Gasteiger partial charge >= 0.3 is 5.97 Å². The summed E-state index contributed by atoms with van der Waals surface area (Å²) in [7, 11) is -1.60. The number of carbonyl (C=O) groups is 1.